The number of hydrogen-bond donors (Lipinski definition) is 2. The minimum atomic E-state index is -0.761. The lowest BCUT2D eigenvalue weighted by atomic mass is 9.92. The van der Waals surface area contributed by atoms with Gasteiger partial charge in [0.1, 0.15) is 11.7 Å². The fourth-order valence-corrected chi connectivity index (χ4v) is 4.50. The van der Waals surface area contributed by atoms with Gasteiger partial charge in [0.2, 0.25) is 11.8 Å². The van der Waals surface area contributed by atoms with Crippen molar-refractivity contribution in [1.29, 1.82) is 0 Å². The van der Waals surface area contributed by atoms with Crippen molar-refractivity contribution >= 4 is 34.8 Å². The Morgan fingerprint density at radius 2 is 2.02 bits per heavy atom. The quantitative estimate of drug-likeness (QED) is 0.351. The fourth-order valence-electron chi connectivity index (χ4n) is 4.50. The Balaban J connectivity index is 1.85. The zero-order valence-corrected chi connectivity index (χ0v) is 24.4. The molecule has 2 amide bonds. The number of rotatable bonds is 7. The van der Waals surface area contributed by atoms with E-state index >= 15 is 0 Å². The third-order valence-electron chi connectivity index (χ3n) is 6.63. The molecule has 1 atom stereocenters. The van der Waals surface area contributed by atoms with E-state index in [0.717, 1.165) is 18.4 Å². The van der Waals surface area contributed by atoms with Gasteiger partial charge in [-0.2, -0.15) is 14.6 Å². The van der Waals surface area contributed by atoms with Crippen LogP contribution in [-0.2, 0) is 9.53 Å². The predicted octanol–water partition coefficient (Wildman–Crippen LogP) is 5.96. The Labute approximate surface area is 235 Å². The first kappa shape index (κ1) is 29.1. The number of nitrogens with zero attached hydrogens (tertiary/aromatic N) is 4. The molecular weight excluding hydrogens is 508 g/mol. The van der Waals surface area contributed by atoms with Gasteiger partial charge in [-0.1, -0.05) is 26.5 Å². The van der Waals surface area contributed by atoms with Crippen LogP contribution in [0.15, 0.2) is 49.2 Å². The van der Waals surface area contributed by atoms with Gasteiger partial charge < -0.3 is 20.1 Å². The van der Waals surface area contributed by atoms with E-state index in [0.29, 0.717) is 35.3 Å². The number of anilines is 3. The number of benzene rings is 1. The van der Waals surface area contributed by atoms with Crippen molar-refractivity contribution in [3.8, 4) is 5.88 Å². The van der Waals surface area contributed by atoms with Crippen molar-refractivity contribution in [2.75, 3.05) is 16.8 Å². The van der Waals surface area contributed by atoms with Crippen molar-refractivity contribution < 1.29 is 19.1 Å². The van der Waals surface area contributed by atoms with Gasteiger partial charge in [-0.05, 0) is 77.7 Å². The van der Waals surface area contributed by atoms with E-state index in [1.807, 2.05) is 20.8 Å². The summed E-state index contributed by atoms with van der Waals surface area (Å²) in [6, 6.07) is 8.65. The van der Waals surface area contributed by atoms with Crippen LogP contribution < -0.4 is 20.3 Å². The first-order valence-electron chi connectivity index (χ1n) is 13.6. The average Bonchev–Trinajstić information content (AvgIpc) is 3.29. The van der Waals surface area contributed by atoms with Crippen LogP contribution in [0.25, 0.3) is 5.65 Å². The highest BCUT2D eigenvalue weighted by Crippen LogP contribution is 2.34. The molecule has 0 bridgehead atoms. The summed E-state index contributed by atoms with van der Waals surface area (Å²) in [4.78, 5) is 32.0. The zero-order chi connectivity index (χ0) is 29.2. The van der Waals surface area contributed by atoms with E-state index in [4.69, 9.17) is 14.5 Å². The summed E-state index contributed by atoms with van der Waals surface area (Å²) in [7, 11) is 0. The molecule has 40 heavy (non-hydrogen) atoms. The largest absolute Gasteiger partial charge is 0.473 e. The molecule has 0 unspecified atom stereocenters. The maximum absolute atomic E-state index is 13.8. The van der Waals surface area contributed by atoms with E-state index < -0.39 is 11.7 Å². The molecule has 1 aromatic carbocycles. The maximum atomic E-state index is 13.8. The molecule has 214 valence electrons. The second-order valence-electron chi connectivity index (χ2n) is 12.0. The molecule has 2 N–H and O–H groups in total. The maximum Gasteiger partial charge on any atom is 0.420 e. The predicted molar refractivity (Wildman–Crippen MR) is 156 cm³/mol. The molecule has 3 aromatic rings. The Bertz CT molecular complexity index is 1390. The average molecular weight is 549 g/mol. The molecular formula is C30H40N6O4. The lowest BCUT2D eigenvalue weighted by Crippen LogP contribution is -2.50. The molecule has 1 aliphatic heterocycles. The van der Waals surface area contributed by atoms with Crippen LogP contribution in [0.2, 0.25) is 0 Å². The summed E-state index contributed by atoms with van der Waals surface area (Å²) in [5, 5.41) is 10.9. The number of aromatic nitrogens is 3. The standard InChI is InChI=1S/C30H40N6O4/c1-9-24(37)33-20-11-10-12-21(15-20)35(28(38)40-29(4,5)6)26-16-25(39-22-13-14-30(7,8)31-17-22)34-27-23(19(2)3)18-32-36(26)27/h9-12,15-16,18-19,22,31H,1,13-14,17H2,2-8H3,(H,33,37)/t22-/m1/s1. The molecule has 2 aromatic heterocycles. The number of nitrogens with one attached hydrogen (secondary N) is 2. The van der Waals surface area contributed by atoms with Gasteiger partial charge in [-0.25, -0.2) is 9.69 Å². The topological polar surface area (TPSA) is 110 Å². The van der Waals surface area contributed by atoms with E-state index in [2.05, 4.69) is 50.0 Å². The number of piperidine rings is 1. The number of fused-ring (bicyclic) bond motifs is 1. The van der Waals surface area contributed by atoms with Crippen molar-refractivity contribution in [3.63, 3.8) is 0 Å². The smallest absolute Gasteiger partial charge is 0.420 e. The van der Waals surface area contributed by atoms with Gasteiger partial charge in [0, 0.05) is 29.4 Å². The molecule has 0 aliphatic carbocycles. The lowest BCUT2D eigenvalue weighted by Gasteiger charge is -2.35. The number of amides is 2. The van der Waals surface area contributed by atoms with Crippen LogP contribution in [0.5, 0.6) is 5.88 Å². The van der Waals surface area contributed by atoms with Gasteiger partial charge >= 0.3 is 6.09 Å². The number of carbonyl (C=O) groups is 2. The van der Waals surface area contributed by atoms with Gasteiger partial charge in [0.25, 0.3) is 0 Å². The highest BCUT2D eigenvalue weighted by Gasteiger charge is 2.31. The van der Waals surface area contributed by atoms with Gasteiger partial charge in [-0.3, -0.25) is 4.79 Å². The Morgan fingerprint density at radius 3 is 2.65 bits per heavy atom. The number of hydrogen-bond acceptors (Lipinski definition) is 7. The second-order valence-corrected chi connectivity index (χ2v) is 12.0. The van der Waals surface area contributed by atoms with Crippen LogP contribution >= 0.6 is 0 Å². The molecule has 1 aliphatic rings. The molecule has 1 fully saturated rings. The SMILES string of the molecule is C=CC(=O)Nc1cccc(N(C(=O)OC(C)(C)C)c2cc(O[C@@H]3CCC(C)(C)NC3)nc3c(C(C)C)cnn23)c1. The Morgan fingerprint density at radius 1 is 1.27 bits per heavy atom. The summed E-state index contributed by atoms with van der Waals surface area (Å²) in [6.07, 6.45) is 4.10. The summed E-state index contributed by atoms with van der Waals surface area (Å²) >= 11 is 0. The van der Waals surface area contributed by atoms with Crippen LogP contribution in [0.1, 0.15) is 72.8 Å². The van der Waals surface area contributed by atoms with Crippen LogP contribution in [0, 0.1) is 0 Å². The summed E-state index contributed by atoms with van der Waals surface area (Å²) in [5.41, 5.74) is 1.78. The minimum Gasteiger partial charge on any atom is -0.473 e. The van der Waals surface area contributed by atoms with Gasteiger partial charge in [0.05, 0.1) is 11.9 Å². The minimum absolute atomic E-state index is 0.0538. The molecule has 4 rings (SSSR count). The summed E-state index contributed by atoms with van der Waals surface area (Å²) in [6.45, 7) is 18.1. The van der Waals surface area contributed by atoms with E-state index in [9.17, 15) is 9.59 Å². The third-order valence-corrected chi connectivity index (χ3v) is 6.63. The van der Waals surface area contributed by atoms with Crippen LogP contribution in [0.4, 0.5) is 22.0 Å². The van der Waals surface area contributed by atoms with Crippen molar-refractivity contribution in [3.05, 3.63) is 54.7 Å². The molecule has 1 saturated heterocycles. The first-order valence-corrected chi connectivity index (χ1v) is 13.6. The second kappa shape index (κ2) is 11.3. The molecule has 3 heterocycles. The first-order chi connectivity index (χ1) is 18.8. The highest BCUT2D eigenvalue weighted by molar-refractivity contribution is 6.00. The van der Waals surface area contributed by atoms with Crippen LogP contribution in [-0.4, -0.2) is 50.4 Å². The van der Waals surface area contributed by atoms with Crippen LogP contribution in [0.3, 0.4) is 0 Å². The zero-order valence-electron chi connectivity index (χ0n) is 24.4. The summed E-state index contributed by atoms with van der Waals surface area (Å²) < 4.78 is 13.9. The van der Waals surface area contributed by atoms with Crippen molar-refractivity contribution in [2.45, 2.75) is 84.5 Å². The normalized spacial score (nSPS) is 16.9. The highest BCUT2D eigenvalue weighted by atomic mass is 16.6. The van der Waals surface area contributed by atoms with E-state index in [1.54, 1.807) is 41.0 Å². The third kappa shape index (κ3) is 6.80. The van der Waals surface area contributed by atoms with Gasteiger partial charge in [-0.15, -0.1) is 0 Å². The van der Waals surface area contributed by atoms with Crippen molar-refractivity contribution in [1.82, 2.24) is 19.9 Å². The molecule has 0 spiro atoms. The lowest BCUT2D eigenvalue weighted by molar-refractivity contribution is -0.111. The molecule has 0 radical (unpaired) electrons. The van der Waals surface area contributed by atoms with E-state index in [1.165, 1.54) is 11.0 Å². The van der Waals surface area contributed by atoms with E-state index in [-0.39, 0.29) is 23.5 Å². The summed E-state index contributed by atoms with van der Waals surface area (Å²) in [5.74, 6) is 0.567. The molecule has 10 heteroatoms. The monoisotopic (exact) mass is 548 g/mol. The number of carbonyl (C=O) groups excluding carboxylic acids is 2. The van der Waals surface area contributed by atoms with Crippen molar-refractivity contribution in [2.24, 2.45) is 0 Å². The van der Waals surface area contributed by atoms with Gasteiger partial charge in [0.15, 0.2) is 11.5 Å². The fraction of sp³-hybridized carbons (Fsp3) is 0.467. The Kier molecular flexibility index (Phi) is 8.20. The Hall–Kier alpha value is -3.92. The molecule has 0 saturated carbocycles. The molecule has 10 nitrogen and oxygen atoms in total. The number of ether oxygens (including phenoxy) is 2.